The van der Waals surface area contributed by atoms with Gasteiger partial charge in [0.1, 0.15) is 17.9 Å². The van der Waals surface area contributed by atoms with Gasteiger partial charge in [0.15, 0.2) is 5.76 Å². The monoisotopic (exact) mass is 309 g/mol. The highest BCUT2D eigenvalue weighted by Gasteiger charge is 2.16. The Balaban J connectivity index is 1.56. The maximum atomic E-state index is 12.2. The van der Waals surface area contributed by atoms with Gasteiger partial charge in [0.25, 0.3) is 5.91 Å². The van der Waals surface area contributed by atoms with Crippen molar-refractivity contribution in [3.63, 3.8) is 0 Å². The molecule has 0 radical (unpaired) electrons. The second-order valence-electron chi connectivity index (χ2n) is 5.47. The van der Waals surface area contributed by atoms with Gasteiger partial charge in [0.05, 0.1) is 6.54 Å². The van der Waals surface area contributed by atoms with Gasteiger partial charge in [-0.15, -0.1) is 0 Å². The molecular weight excluding hydrogens is 290 g/mol. The molecule has 0 spiro atoms. The molecule has 0 saturated heterocycles. The largest absolute Gasteiger partial charge is 0.492 e. The molecule has 118 valence electrons. The number of benzene rings is 2. The smallest absolute Gasteiger partial charge is 0.287 e. The fourth-order valence-corrected chi connectivity index (χ4v) is 2.44. The number of furan rings is 1. The Morgan fingerprint density at radius 1 is 1.09 bits per heavy atom. The summed E-state index contributed by atoms with van der Waals surface area (Å²) in [6, 6.07) is 15.5. The number of ether oxygens (including phenoxy) is 1. The zero-order valence-corrected chi connectivity index (χ0v) is 13.3. The van der Waals surface area contributed by atoms with Gasteiger partial charge in [0.2, 0.25) is 0 Å². The molecule has 0 aliphatic rings. The van der Waals surface area contributed by atoms with Crippen molar-refractivity contribution in [2.24, 2.45) is 0 Å². The molecule has 1 aromatic heterocycles. The van der Waals surface area contributed by atoms with Crippen LogP contribution in [0.25, 0.3) is 11.0 Å². The molecule has 0 unspecified atom stereocenters. The Hall–Kier alpha value is -2.75. The van der Waals surface area contributed by atoms with E-state index in [1.807, 2.05) is 62.4 Å². The van der Waals surface area contributed by atoms with Crippen LogP contribution in [0.1, 0.15) is 21.7 Å². The maximum Gasteiger partial charge on any atom is 0.287 e. The summed E-state index contributed by atoms with van der Waals surface area (Å²) >= 11 is 0. The minimum atomic E-state index is -0.216. The Kier molecular flexibility index (Phi) is 4.33. The fourth-order valence-electron chi connectivity index (χ4n) is 2.44. The molecule has 3 rings (SSSR count). The number of rotatable bonds is 5. The highest BCUT2D eigenvalue weighted by molar-refractivity contribution is 5.98. The van der Waals surface area contributed by atoms with Crippen molar-refractivity contribution in [3.8, 4) is 5.75 Å². The molecule has 4 heteroatoms. The molecule has 1 heterocycles. The van der Waals surface area contributed by atoms with Gasteiger partial charge in [-0.1, -0.05) is 35.9 Å². The van der Waals surface area contributed by atoms with Crippen LogP contribution in [0.3, 0.4) is 0 Å². The van der Waals surface area contributed by atoms with Gasteiger partial charge in [0, 0.05) is 10.9 Å². The Bertz CT molecular complexity index is 818. The Morgan fingerprint density at radius 2 is 1.83 bits per heavy atom. The molecule has 0 atom stereocenters. The first-order valence-electron chi connectivity index (χ1n) is 7.61. The third-order valence-corrected chi connectivity index (χ3v) is 3.73. The van der Waals surface area contributed by atoms with Crippen LogP contribution in [-0.2, 0) is 0 Å². The fraction of sp³-hybridized carbons (Fsp3) is 0.211. The van der Waals surface area contributed by atoms with E-state index < -0.39 is 0 Å². The predicted molar refractivity (Wildman–Crippen MR) is 90.0 cm³/mol. The van der Waals surface area contributed by atoms with E-state index in [0.717, 1.165) is 22.3 Å². The normalized spacial score (nSPS) is 10.7. The highest BCUT2D eigenvalue weighted by atomic mass is 16.5. The molecule has 1 amide bonds. The summed E-state index contributed by atoms with van der Waals surface area (Å²) in [6.45, 7) is 4.75. The first-order valence-corrected chi connectivity index (χ1v) is 7.61. The predicted octanol–water partition coefficient (Wildman–Crippen LogP) is 3.86. The lowest BCUT2D eigenvalue weighted by atomic mass is 10.1. The molecule has 0 bridgehead atoms. The minimum Gasteiger partial charge on any atom is -0.492 e. The van der Waals surface area contributed by atoms with E-state index >= 15 is 0 Å². The summed E-state index contributed by atoms with van der Waals surface area (Å²) in [4.78, 5) is 12.2. The second kappa shape index (κ2) is 6.57. The molecule has 4 nitrogen and oxygen atoms in total. The molecular formula is C19H19NO3. The number of amides is 1. The van der Waals surface area contributed by atoms with Crippen molar-refractivity contribution in [3.05, 3.63) is 65.4 Å². The Morgan fingerprint density at radius 3 is 2.57 bits per heavy atom. The van der Waals surface area contributed by atoms with E-state index in [1.165, 1.54) is 5.56 Å². The summed E-state index contributed by atoms with van der Waals surface area (Å²) in [6.07, 6.45) is 0. The summed E-state index contributed by atoms with van der Waals surface area (Å²) in [7, 11) is 0. The van der Waals surface area contributed by atoms with Crippen LogP contribution >= 0.6 is 0 Å². The molecule has 2 aromatic carbocycles. The number of aryl methyl sites for hydroxylation is 2. The van der Waals surface area contributed by atoms with Crippen LogP contribution in [0.4, 0.5) is 0 Å². The number of carbonyl (C=O) groups excluding carboxylic acids is 1. The number of fused-ring (bicyclic) bond motifs is 1. The first-order chi connectivity index (χ1) is 11.1. The average Bonchev–Trinajstić information content (AvgIpc) is 2.90. The number of para-hydroxylation sites is 1. The molecule has 0 aliphatic carbocycles. The van der Waals surface area contributed by atoms with Crippen molar-refractivity contribution < 1.29 is 13.9 Å². The van der Waals surface area contributed by atoms with E-state index in [9.17, 15) is 4.79 Å². The van der Waals surface area contributed by atoms with E-state index in [0.29, 0.717) is 18.9 Å². The van der Waals surface area contributed by atoms with E-state index in [-0.39, 0.29) is 5.91 Å². The third-order valence-electron chi connectivity index (χ3n) is 3.73. The van der Waals surface area contributed by atoms with Crippen molar-refractivity contribution in [1.29, 1.82) is 0 Å². The lowest BCUT2D eigenvalue weighted by molar-refractivity contribution is 0.0920. The maximum absolute atomic E-state index is 12.2. The molecule has 0 aliphatic heterocycles. The average molecular weight is 309 g/mol. The van der Waals surface area contributed by atoms with Crippen LogP contribution in [0.2, 0.25) is 0 Å². The van der Waals surface area contributed by atoms with E-state index in [2.05, 4.69) is 5.32 Å². The third kappa shape index (κ3) is 3.37. The van der Waals surface area contributed by atoms with Gasteiger partial charge in [-0.3, -0.25) is 4.79 Å². The van der Waals surface area contributed by atoms with Crippen molar-refractivity contribution >= 4 is 16.9 Å². The van der Waals surface area contributed by atoms with Crippen LogP contribution in [-0.4, -0.2) is 19.1 Å². The van der Waals surface area contributed by atoms with Crippen LogP contribution in [0, 0.1) is 13.8 Å². The van der Waals surface area contributed by atoms with Crippen molar-refractivity contribution in [2.45, 2.75) is 13.8 Å². The van der Waals surface area contributed by atoms with Crippen LogP contribution in [0.5, 0.6) is 5.75 Å². The molecule has 1 N–H and O–H groups in total. The minimum absolute atomic E-state index is 0.216. The quantitative estimate of drug-likeness (QED) is 0.728. The van der Waals surface area contributed by atoms with Crippen molar-refractivity contribution in [2.75, 3.05) is 13.2 Å². The van der Waals surface area contributed by atoms with E-state index in [4.69, 9.17) is 9.15 Å². The van der Waals surface area contributed by atoms with E-state index in [1.54, 1.807) is 0 Å². The highest BCUT2D eigenvalue weighted by Crippen LogP contribution is 2.24. The van der Waals surface area contributed by atoms with Gasteiger partial charge in [-0.25, -0.2) is 0 Å². The molecule has 0 saturated carbocycles. The lowest BCUT2D eigenvalue weighted by Crippen LogP contribution is -2.28. The number of carbonyl (C=O) groups is 1. The zero-order chi connectivity index (χ0) is 16.2. The summed E-state index contributed by atoms with van der Waals surface area (Å²) in [5.41, 5.74) is 2.77. The molecule has 0 fully saturated rings. The molecule has 3 aromatic rings. The SMILES string of the molecule is Cc1ccc(OCCNC(=O)c2oc3ccccc3c2C)cc1. The van der Waals surface area contributed by atoms with Crippen molar-refractivity contribution in [1.82, 2.24) is 5.32 Å². The van der Waals surface area contributed by atoms with Crippen LogP contribution in [0.15, 0.2) is 52.9 Å². The second-order valence-corrected chi connectivity index (χ2v) is 5.47. The topological polar surface area (TPSA) is 51.5 Å². The summed E-state index contributed by atoms with van der Waals surface area (Å²) in [5.74, 6) is 0.942. The number of hydrogen-bond donors (Lipinski definition) is 1. The zero-order valence-electron chi connectivity index (χ0n) is 13.3. The Labute approximate surface area is 135 Å². The number of nitrogens with one attached hydrogen (secondary N) is 1. The van der Waals surface area contributed by atoms with Gasteiger partial charge >= 0.3 is 0 Å². The lowest BCUT2D eigenvalue weighted by Gasteiger charge is -2.07. The first kappa shape index (κ1) is 15.2. The number of hydrogen-bond acceptors (Lipinski definition) is 3. The standard InChI is InChI=1S/C19H19NO3/c1-13-7-9-15(10-8-13)22-12-11-20-19(21)18-14(2)16-5-3-4-6-17(16)23-18/h3-10H,11-12H2,1-2H3,(H,20,21). The van der Waals surface area contributed by atoms with Gasteiger partial charge < -0.3 is 14.5 Å². The van der Waals surface area contributed by atoms with Crippen LogP contribution < -0.4 is 10.1 Å². The molecule has 23 heavy (non-hydrogen) atoms. The van der Waals surface area contributed by atoms with Gasteiger partial charge in [-0.05, 0) is 32.0 Å². The summed E-state index contributed by atoms with van der Waals surface area (Å²) in [5, 5.41) is 3.79. The van der Waals surface area contributed by atoms with Gasteiger partial charge in [-0.2, -0.15) is 0 Å². The summed E-state index contributed by atoms with van der Waals surface area (Å²) < 4.78 is 11.2.